The van der Waals surface area contributed by atoms with E-state index >= 15 is 0 Å². The minimum absolute atomic E-state index is 0.345. The van der Waals surface area contributed by atoms with Gasteiger partial charge >= 0.3 is 0 Å². The van der Waals surface area contributed by atoms with Crippen LogP contribution in [-0.2, 0) is 6.54 Å². The number of benzene rings is 1. The zero-order valence-electron chi connectivity index (χ0n) is 8.90. The van der Waals surface area contributed by atoms with Crippen molar-refractivity contribution >= 4 is 10.9 Å². The van der Waals surface area contributed by atoms with Crippen LogP contribution in [0.25, 0.3) is 10.9 Å². The third-order valence-corrected chi connectivity index (χ3v) is 2.68. The molecule has 2 aromatic rings. The lowest BCUT2D eigenvalue weighted by Crippen LogP contribution is -2.04. The number of rotatable bonds is 3. The number of nitrogens with two attached hydrogens (primary N) is 1. The van der Waals surface area contributed by atoms with Gasteiger partial charge in [0.05, 0.1) is 5.52 Å². The molecule has 0 fully saturated rings. The zero-order valence-corrected chi connectivity index (χ0v) is 8.90. The van der Waals surface area contributed by atoms with E-state index in [4.69, 9.17) is 5.73 Å². The number of hydrogen-bond donors (Lipinski definition) is 2. The van der Waals surface area contributed by atoms with Crippen molar-refractivity contribution in [2.45, 2.75) is 19.9 Å². The number of para-hydroxylation sites is 1. The molecule has 1 aromatic carbocycles. The van der Waals surface area contributed by atoms with Gasteiger partial charge < -0.3 is 15.4 Å². The van der Waals surface area contributed by atoms with Gasteiger partial charge in [-0.25, -0.2) is 0 Å². The molecule has 0 amide bonds. The molecule has 0 radical (unpaired) electrons. The van der Waals surface area contributed by atoms with Gasteiger partial charge in [-0.05, 0) is 31.5 Å². The second-order valence-corrected chi connectivity index (χ2v) is 3.82. The normalized spacial score (nSPS) is 11.1. The van der Waals surface area contributed by atoms with Crippen LogP contribution in [0.4, 0.5) is 0 Å². The Labute approximate surface area is 89.1 Å². The summed E-state index contributed by atoms with van der Waals surface area (Å²) in [5.74, 6) is 0.345. The van der Waals surface area contributed by atoms with Crippen LogP contribution in [0, 0.1) is 6.92 Å². The van der Waals surface area contributed by atoms with Crippen LogP contribution in [0.2, 0.25) is 0 Å². The second kappa shape index (κ2) is 3.95. The molecule has 0 spiro atoms. The number of aromatic nitrogens is 1. The average molecular weight is 204 g/mol. The van der Waals surface area contributed by atoms with Gasteiger partial charge in [0.15, 0.2) is 0 Å². The van der Waals surface area contributed by atoms with E-state index in [-0.39, 0.29) is 0 Å². The highest BCUT2D eigenvalue weighted by atomic mass is 16.3. The molecule has 0 aliphatic heterocycles. The number of phenols is 1. The molecule has 0 bridgehead atoms. The van der Waals surface area contributed by atoms with Gasteiger partial charge in [-0.2, -0.15) is 0 Å². The molecule has 0 atom stereocenters. The SMILES string of the molecule is Cc1cn(CCCN)c2c(O)cccc12. The van der Waals surface area contributed by atoms with E-state index in [1.807, 2.05) is 12.1 Å². The predicted octanol–water partition coefficient (Wildman–Crippen LogP) is 2.00. The molecule has 80 valence electrons. The Hall–Kier alpha value is -1.48. The van der Waals surface area contributed by atoms with Crippen molar-refractivity contribution in [1.82, 2.24) is 4.57 Å². The summed E-state index contributed by atoms with van der Waals surface area (Å²) in [6, 6.07) is 5.63. The van der Waals surface area contributed by atoms with E-state index in [1.54, 1.807) is 6.07 Å². The first-order valence-corrected chi connectivity index (χ1v) is 5.21. The first-order valence-electron chi connectivity index (χ1n) is 5.21. The molecule has 1 heterocycles. The summed E-state index contributed by atoms with van der Waals surface area (Å²) in [6.07, 6.45) is 3.00. The van der Waals surface area contributed by atoms with Crippen molar-refractivity contribution in [3.8, 4) is 5.75 Å². The Morgan fingerprint density at radius 2 is 2.20 bits per heavy atom. The highest BCUT2D eigenvalue weighted by molar-refractivity contribution is 5.88. The van der Waals surface area contributed by atoms with Crippen molar-refractivity contribution in [3.63, 3.8) is 0 Å². The Morgan fingerprint density at radius 3 is 2.93 bits per heavy atom. The fraction of sp³-hybridized carbons (Fsp3) is 0.333. The topological polar surface area (TPSA) is 51.2 Å². The Kier molecular flexibility index (Phi) is 2.64. The van der Waals surface area contributed by atoms with Crippen LogP contribution in [0.15, 0.2) is 24.4 Å². The lowest BCUT2D eigenvalue weighted by atomic mass is 10.2. The minimum atomic E-state index is 0.345. The summed E-state index contributed by atoms with van der Waals surface area (Å²) in [5.41, 5.74) is 7.60. The maximum absolute atomic E-state index is 9.81. The maximum atomic E-state index is 9.81. The van der Waals surface area contributed by atoms with Gasteiger partial charge in [0.1, 0.15) is 5.75 Å². The van der Waals surface area contributed by atoms with Crippen molar-refractivity contribution in [1.29, 1.82) is 0 Å². The molecule has 0 aliphatic rings. The third kappa shape index (κ3) is 1.70. The average Bonchev–Trinajstić information content (AvgIpc) is 2.55. The van der Waals surface area contributed by atoms with Gasteiger partial charge in [0.25, 0.3) is 0 Å². The smallest absolute Gasteiger partial charge is 0.139 e. The van der Waals surface area contributed by atoms with Crippen LogP contribution in [0.1, 0.15) is 12.0 Å². The second-order valence-electron chi connectivity index (χ2n) is 3.82. The van der Waals surface area contributed by atoms with Gasteiger partial charge in [-0.3, -0.25) is 0 Å². The Morgan fingerprint density at radius 1 is 1.40 bits per heavy atom. The zero-order chi connectivity index (χ0) is 10.8. The molecule has 0 saturated heterocycles. The lowest BCUT2D eigenvalue weighted by molar-refractivity contribution is 0.477. The lowest BCUT2D eigenvalue weighted by Gasteiger charge is -2.05. The van der Waals surface area contributed by atoms with Crippen LogP contribution >= 0.6 is 0 Å². The van der Waals surface area contributed by atoms with Crippen LogP contribution in [-0.4, -0.2) is 16.2 Å². The summed E-state index contributed by atoms with van der Waals surface area (Å²) in [5, 5.41) is 10.9. The van der Waals surface area contributed by atoms with Crippen molar-refractivity contribution in [3.05, 3.63) is 30.0 Å². The summed E-state index contributed by atoms with van der Waals surface area (Å²) in [4.78, 5) is 0. The van der Waals surface area contributed by atoms with Gasteiger partial charge in [-0.1, -0.05) is 12.1 Å². The molecule has 3 N–H and O–H groups in total. The van der Waals surface area contributed by atoms with E-state index < -0.39 is 0 Å². The number of fused-ring (bicyclic) bond motifs is 1. The van der Waals surface area contributed by atoms with Gasteiger partial charge in [0, 0.05) is 18.1 Å². The summed E-state index contributed by atoms with van der Waals surface area (Å²) in [7, 11) is 0. The first-order chi connectivity index (χ1) is 7.24. The third-order valence-electron chi connectivity index (χ3n) is 2.68. The number of phenolic OH excluding ortho intramolecular Hbond substituents is 1. The van der Waals surface area contributed by atoms with Crippen LogP contribution in [0.3, 0.4) is 0 Å². The van der Waals surface area contributed by atoms with E-state index in [2.05, 4.69) is 17.7 Å². The Bertz CT molecular complexity index is 474. The number of nitrogens with zero attached hydrogens (tertiary/aromatic N) is 1. The van der Waals surface area contributed by atoms with Crippen LogP contribution < -0.4 is 5.73 Å². The molecule has 3 heteroatoms. The molecule has 0 saturated carbocycles. The van der Waals surface area contributed by atoms with E-state index in [9.17, 15) is 5.11 Å². The van der Waals surface area contributed by atoms with Crippen molar-refractivity contribution in [2.24, 2.45) is 5.73 Å². The molecule has 1 aromatic heterocycles. The highest BCUT2D eigenvalue weighted by Crippen LogP contribution is 2.28. The summed E-state index contributed by atoms with van der Waals surface area (Å²) < 4.78 is 2.08. The monoisotopic (exact) mass is 204 g/mol. The standard InChI is InChI=1S/C12H16N2O/c1-9-8-14(7-3-6-13)12-10(9)4-2-5-11(12)15/h2,4-5,8,15H,3,6-7,13H2,1H3. The maximum Gasteiger partial charge on any atom is 0.139 e. The first kappa shape index (κ1) is 10.1. The van der Waals surface area contributed by atoms with Crippen molar-refractivity contribution < 1.29 is 5.11 Å². The molecule has 15 heavy (non-hydrogen) atoms. The molecule has 0 aliphatic carbocycles. The van der Waals surface area contributed by atoms with E-state index in [0.717, 1.165) is 23.9 Å². The van der Waals surface area contributed by atoms with Gasteiger partial charge in [0.2, 0.25) is 0 Å². The number of aryl methyl sites for hydroxylation is 2. The fourth-order valence-electron chi connectivity index (χ4n) is 1.96. The molecule has 2 rings (SSSR count). The molecular weight excluding hydrogens is 188 g/mol. The van der Waals surface area contributed by atoms with Gasteiger partial charge in [-0.15, -0.1) is 0 Å². The van der Waals surface area contributed by atoms with Crippen LogP contribution in [0.5, 0.6) is 5.75 Å². The highest BCUT2D eigenvalue weighted by Gasteiger charge is 2.08. The predicted molar refractivity (Wildman–Crippen MR) is 62.0 cm³/mol. The Balaban J connectivity index is 2.54. The summed E-state index contributed by atoms with van der Waals surface area (Å²) >= 11 is 0. The summed E-state index contributed by atoms with van der Waals surface area (Å²) in [6.45, 7) is 3.59. The number of aromatic hydroxyl groups is 1. The molecular formula is C12H16N2O. The molecule has 0 unspecified atom stereocenters. The number of hydrogen-bond acceptors (Lipinski definition) is 2. The van der Waals surface area contributed by atoms with Crippen molar-refractivity contribution in [2.75, 3.05) is 6.54 Å². The molecule has 3 nitrogen and oxygen atoms in total. The largest absolute Gasteiger partial charge is 0.506 e. The minimum Gasteiger partial charge on any atom is -0.506 e. The fourth-order valence-corrected chi connectivity index (χ4v) is 1.96. The quantitative estimate of drug-likeness (QED) is 0.803. The van der Waals surface area contributed by atoms with E-state index in [1.165, 1.54) is 5.56 Å². The van der Waals surface area contributed by atoms with E-state index in [0.29, 0.717) is 12.3 Å².